The molecule has 90 valence electrons. The minimum atomic E-state index is -0.672. The van der Waals surface area contributed by atoms with E-state index in [1.165, 1.54) is 0 Å². The van der Waals surface area contributed by atoms with E-state index in [0.29, 0.717) is 6.42 Å². The first-order valence-corrected chi connectivity index (χ1v) is 5.47. The highest BCUT2D eigenvalue weighted by atomic mass is 16.5. The summed E-state index contributed by atoms with van der Waals surface area (Å²) in [7, 11) is 5.32. The summed E-state index contributed by atoms with van der Waals surface area (Å²) < 4.78 is 5.27. The van der Waals surface area contributed by atoms with Gasteiger partial charge >= 0.3 is 0 Å². The lowest BCUT2D eigenvalue weighted by Gasteiger charge is -2.30. The van der Waals surface area contributed by atoms with Gasteiger partial charge in [-0.05, 0) is 33.4 Å². The van der Waals surface area contributed by atoms with Gasteiger partial charge in [-0.2, -0.15) is 0 Å². The summed E-state index contributed by atoms with van der Waals surface area (Å²) in [6.45, 7) is 5.48. The summed E-state index contributed by atoms with van der Waals surface area (Å²) >= 11 is 0. The van der Waals surface area contributed by atoms with Crippen molar-refractivity contribution < 1.29 is 9.53 Å². The van der Waals surface area contributed by atoms with Gasteiger partial charge in [0, 0.05) is 20.7 Å². The molecule has 0 aromatic heterocycles. The summed E-state index contributed by atoms with van der Waals surface area (Å²) in [5.74, 6) is 0.0589. The molecule has 4 heteroatoms. The van der Waals surface area contributed by atoms with E-state index < -0.39 is 5.60 Å². The lowest BCUT2D eigenvalue weighted by atomic mass is 10.0. The first-order chi connectivity index (χ1) is 7.01. The van der Waals surface area contributed by atoms with Gasteiger partial charge in [0.25, 0.3) is 5.91 Å². The Labute approximate surface area is 93.0 Å². The van der Waals surface area contributed by atoms with E-state index in [-0.39, 0.29) is 5.91 Å². The molecule has 0 aromatic carbocycles. The Kier molecular flexibility index (Phi) is 6.52. The monoisotopic (exact) mass is 216 g/mol. The lowest BCUT2D eigenvalue weighted by Crippen LogP contribution is -2.46. The molecular weight excluding hydrogens is 192 g/mol. The predicted molar refractivity (Wildman–Crippen MR) is 61.9 cm³/mol. The van der Waals surface area contributed by atoms with Gasteiger partial charge in [-0.1, -0.05) is 6.92 Å². The number of amides is 1. The summed E-state index contributed by atoms with van der Waals surface area (Å²) in [5.41, 5.74) is -0.672. The zero-order valence-electron chi connectivity index (χ0n) is 10.6. The number of ether oxygens (including phenoxy) is 1. The normalized spacial score (nSPS) is 14.7. The molecule has 1 unspecified atom stereocenters. The molecule has 0 aliphatic heterocycles. The quantitative estimate of drug-likeness (QED) is 0.642. The molecule has 0 rings (SSSR count). The van der Waals surface area contributed by atoms with E-state index in [1.807, 2.05) is 27.9 Å². The Morgan fingerprint density at radius 1 is 1.53 bits per heavy atom. The molecule has 1 atom stereocenters. The van der Waals surface area contributed by atoms with Crippen LogP contribution in [0.5, 0.6) is 0 Å². The Morgan fingerprint density at radius 2 is 2.13 bits per heavy atom. The van der Waals surface area contributed by atoms with Crippen LogP contribution in [-0.4, -0.2) is 50.7 Å². The van der Waals surface area contributed by atoms with Crippen LogP contribution in [0.1, 0.15) is 26.7 Å². The SMILES string of the molecule is CCC(C)(OC)C(=O)N(C)CCCNC. The number of rotatable bonds is 7. The maximum atomic E-state index is 12.0. The van der Waals surface area contributed by atoms with Crippen molar-refractivity contribution in [2.24, 2.45) is 0 Å². The fourth-order valence-electron chi connectivity index (χ4n) is 1.38. The molecule has 15 heavy (non-hydrogen) atoms. The van der Waals surface area contributed by atoms with Crippen molar-refractivity contribution in [3.63, 3.8) is 0 Å². The van der Waals surface area contributed by atoms with Crippen LogP contribution in [0.25, 0.3) is 0 Å². The highest BCUT2D eigenvalue weighted by Crippen LogP contribution is 2.16. The molecule has 0 aliphatic carbocycles. The van der Waals surface area contributed by atoms with E-state index in [9.17, 15) is 4.79 Å². The number of likely N-dealkylation sites (N-methyl/N-ethyl adjacent to an activating group) is 1. The molecule has 0 saturated carbocycles. The summed E-state index contributed by atoms with van der Waals surface area (Å²) in [6, 6.07) is 0. The number of hydrogen-bond acceptors (Lipinski definition) is 3. The van der Waals surface area contributed by atoms with Crippen molar-refractivity contribution in [2.75, 3.05) is 34.3 Å². The predicted octanol–water partition coefficient (Wildman–Crippen LogP) is 0.869. The van der Waals surface area contributed by atoms with E-state index in [2.05, 4.69) is 5.32 Å². The summed E-state index contributed by atoms with van der Waals surface area (Å²) in [4.78, 5) is 13.7. The van der Waals surface area contributed by atoms with Crippen LogP contribution in [0.2, 0.25) is 0 Å². The Morgan fingerprint density at radius 3 is 2.53 bits per heavy atom. The third-order valence-electron chi connectivity index (χ3n) is 2.84. The standard InChI is InChI=1S/C11H24N2O2/c1-6-11(2,15-5)10(14)13(4)9-7-8-12-3/h12H,6-9H2,1-5H3. The van der Waals surface area contributed by atoms with Crippen molar-refractivity contribution >= 4 is 5.91 Å². The molecule has 0 fully saturated rings. The van der Waals surface area contributed by atoms with E-state index in [1.54, 1.807) is 12.0 Å². The van der Waals surface area contributed by atoms with Crippen LogP contribution in [0.15, 0.2) is 0 Å². The number of nitrogens with zero attached hydrogens (tertiary/aromatic N) is 1. The highest BCUT2D eigenvalue weighted by molar-refractivity contribution is 5.84. The van der Waals surface area contributed by atoms with Gasteiger partial charge in [-0.3, -0.25) is 4.79 Å². The molecule has 1 N–H and O–H groups in total. The van der Waals surface area contributed by atoms with E-state index in [4.69, 9.17) is 4.74 Å². The van der Waals surface area contributed by atoms with E-state index in [0.717, 1.165) is 19.5 Å². The average Bonchev–Trinajstić information content (AvgIpc) is 2.27. The average molecular weight is 216 g/mol. The van der Waals surface area contributed by atoms with Gasteiger partial charge < -0.3 is 15.0 Å². The largest absolute Gasteiger partial charge is 0.369 e. The number of carbonyl (C=O) groups excluding carboxylic acids is 1. The molecule has 0 radical (unpaired) electrons. The van der Waals surface area contributed by atoms with Crippen LogP contribution in [0.3, 0.4) is 0 Å². The highest BCUT2D eigenvalue weighted by Gasteiger charge is 2.33. The minimum Gasteiger partial charge on any atom is -0.369 e. The van der Waals surface area contributed by atoms with E-state index >= 15 is 0 Å². The van der Waals surface area contributed by atoms with Crippen LogP contribution < -0.4 is 5.32 Å². The zero-order chi connectivity index (χ0) is 11.9. The van der Waals surface area contributed by atoms with Gasteiger partial charge in [-0.25, -0.2) is 0 Å². The third kappa shape index (κ3) is 4.18. The lowest BCUT2D eigenvalue weighted by molar-refractivity contribution is -0.152. The molecule has 0 aromatic rings. The smallest absolute Gasteiger partial charge is 0.254 e. The second-order valence-corrected chi connectivity index (χ2v) is 3.97. The number of carbonyl (C=O) groups is 1. The molecule has 0 bridgehead atoms. The fraction of sp³-hybridized carbons (Fsp3) is 0.909. The van der Waals surface area contributed by atoms with Gasteiger partial charge in [-0.15, -0.1) is 0 Å². The Bertz CT molecular complexity index is 191. The molecule has 0 saturated heterocycles. The van der Waals surface area contributed by atoms with Crippen molar-refractivity contribution in [2.45, 2.75) is 32.3 Å². The van der Waals surface area contributed by atoms with Crippen LogP contribution in [0, 0.1) is 0 Å². The molecular formula is C11H24N2O2. The zero-order valence-corrected chi connectivity index (χ0v) is 10.6. The van der Waals surface area contributed by atoms with Crippen molar-refractivity contribution in [3.05, 3.63) is 0 Å². The van der Waals surface area contributed by atoms with Crippen LogP contribution in [0.4, 0.5) is 0 Å². The van der Waals surface area contributed by atoms with Gasteiger partial charge in [0.2, 0.25) is 0 Å². The molecule has 0 spiro atoms. The van der Waals surface area contributed by atoms with Crippen molar-refractivity contribution in [1.82, 2.24) is 10.2 Å². The van der Waals surface area contributed by atoms with Crippen LogP contribution >= 0.6 is 0 Å². The Balaban J connectivity index is 4.17. The molecule has 0 aliphatic rings. The second kappa shape index (κ2) is 6.80. The fourth-order valence-corrected chi connectivity index (χ4v) is 1.38. The number of methoxy groups -OCH3 is 1. The maximum Gasteiger partial charge on any atom is 0.254 e. The Hall–Kier alpha value is -0.610. The van der Waals surface area contributed by atoms with Crippen molar-refractivity contribution in [1.29, 1.82) is 0 Å². The van der Waals surface area contributed by atoms with Crippen molar-refractivity contribution in [3.8, 4) is 0 Å². The number of nitrogens with one attached hydrogen (secondary N) is 1. The van der Waals surface area contributed by atoms with Gasteiger partial charge in [0.05, 0.1) is 0 Å². The third-order valence-corrected chi connectivity index (χ3v) is 2.84. The van der Waals surface area contributed by atoms with Gasteiger partial charge in [0.1, 0.15) is 5.60 Å². The topological polar surface area (TPSA) is 41.6 Å². The molecule has 0 heterocycles. The first kappa shape index (κ1) is 14.4. The summed E-state index contributed by atoms with van der Waals surface area (Å²) in [6.07, 6.45) is 1.65. The summed E-state index contributed by atoms with van der Waals surface area (Å²) in [5, 5.41) is 3.06. The molecule has 1 amide bonds. The maximum absolute atomic E-state index is 12.0. The second-order valence-electron chi connectivity index (χ2n) is 3.97. The number of hydrogen-bond donors (Lipinski definition) is 1. The minimum absolute atomic E-state index is 0.0589. The first-order valence-electron chi connectivity index (χ1n) is 5.47. The molecule has 4 nitrogen and oxygen atoms in total. The van der Waals surface area contributed by atoms with Crippen LogP contribution in [-0.2, 0) is 9.53 Å². The van der Waals surface area contributed by atoms with Gasteiger partial charge in [0.15, 0.2) is 0 Å².